The van der Waals surface area contributed by atoms with Gasteiger partial charge in [-0.05, 0) is 43.5 Å². The van der Waals surface area contributed by atoms with Gasteiger partial charge in [-0.25, -0.2) is 0 Å². The van der Waals surface area contributed by atoms with E-state index in [1.165, 1.54) is 0 Å². The first kappa shape index (κ1) is 28.5. The van der Waals surface area contributed by atoms with E-state index in [4.69, 9.17) is 46.4 Å². The lowest BCUT2D eigenvalue weighted by atomic mass is 10.2. The quantitative estimate of drug-likeness (QED) is 0.384. The van der Waals surface area contributed by atoms with Gasteiger partial charge in [0, 0.05) is 95.4 Å². The summed E-state index contributed by atoms with van der Waals surface area (Å²) in [5.41, 5.74) is 1.84. The number of rotatable bonds is 10. The Morgan fingerprint density at radius 1 is 0.703 bits per heavy atom. The molecular formula is C27H32Cl4N4O2. The third-order valence-corrected chi connectivity index (χ3v) is 8.39. The van der Waals surface area contributed by atoms with Crippen LogP contribution in [0.2, 0.25) is 20.1 Å². The molecule has 0 bridgehead atoms. The van der Waals surface area contributed by atoms with E-state index in [1.54, 1.807) is 0 Å². The van der Waals surface area contributed by atoms with Gasteiger partial charge in [-0.1, -0.05) is 58.5 Å². The zero-order chi connectivity index (χ0) is 26.4. The van der Waals surface area contributed by atoms with Crippen molar-refractivity contribution in [2.45, 2.75) is 57.3 Å². The highest BCUT2D eigenvalue weighted by Crippen LogP contribution is 2.28. The van der Waals surface area contributed by atoms with Gasteiger partial charge in [0.05, 0.1) is 0 Å². The molecule has 0 spiro atoms. The molecule has 37 heavy (non-hydrogen) atoms. The van der Waals surface area contributed by atoms with E-state index in [9.17, 15) is 9.59 Å². The van der Waals surface area contributed by atoms with Crippen molar-refractivity contribution in [2.75, 3.05) is 26.2 Å². The monoisotopic (exact) mass is 584 g/mol. The summed E-state index contributed by atoms with van der Waals surface area (Å²) in [6.45, 7) is 4.58. The number of nitrogens with one attached hydrogen (secondary N) is 2. The molecular weight excluding hydrogens is 554 g/mol. The maximum Gasteiger partial charge on any atom is 0.220 e. The lowest BCUT2D eigenvalue weighted by Crippen LogP contribution is -2.38. The minimum absolute atomic E-state index is 0.0147. The van der Waals surface area contributed by atoms with E-state index in [2.05, 4.69) is 20.4 Å². The summed E-state index contributed by atoms with van der Waals surface area (Å²) in [6.07, 6.45) is 2.96. The highest BCUT2D eigenvalue weighted by molar-refractivity contribution is 6.36. The summed E-state index contributed by atoms with van der Waals surface area (Å²) in [7, 11) is 0. The summed E-state index contributed by atoms with van der Waals surface area (Å²) in [5, 5.41) is 8.85. The number of hydrogen-bond donors (Lipinski definition) is 2. The van der Waals surface area contributed by atoms with Crippen LogP contribution in [0.25, 0.3) is 0 Å². The molecule has 2 heterocycles. The number of likely N-dealkylation sites (tertiary alicyclic amines) is 2. The molecule has 200 valence electrons. The molecule has 4 rings (SSSR count). The zero-order valence-electron chi connectivity index (χ0n) is 20.6. The summed E-state index contributed by atoms with van der Waals surface area (Å²) in [4.78, 5) is 29.4. The van der Waals surface area contributed by atoms with E-state index in [0.717, 1.165) is 50.1 Å². The number of carbonyl (C=O) groups is 2. The van der Waals surface area contributed by atoms with Crippen molar-refractivity contribution in [3.05, 3.63) is 67.6 Å². The van der Waals surface area contributed by atoms with Crippen LogP contribution in [0.3, 0.4) is 0 Å². The van der Waals surface area contributed by atoms with Crippen molar-refractivity contribution < 1.29 is 9.59 Å². The predicted molar refractivity (Wildman–Crippen MR) is 150 cm³/mol. The van der Waals surface area contributed by atoms with Crippen LogP contribution in [0.1, 0.15) is 43.2 Å². The number of carbonyl (C=O) groups excluding carboxylic acids is 2. The zero-order valence-corrected chi connectivity index (χ0v) is 23.6. The Bertz CT molecular complexity index is 990. The van der Waals surface area contributed by atoms with Crippen LogP contribution in [-0.4, -0.2) is 59.9 Å². The number of nitrogens with zero attached hydrogens (tertiary/aromatic N) is 2. The molecule has 6 nitrogen and oxygen atoms in total. The van der Waals surface area contributed by atoms with Gasteiger partial charge in [-0.2, -0.15) is 0 Å². The van der Waals surface area contributed by atoms with Crippen LogP contribution < -0.4 is 10.6 Å². The average molecular weight is 586 g/mol. The Hall–Kier alpha value is -1.54. The van der Waals surface area contributed by atoms with E-state index < -0.39 is 0 Å². The molecule has 0 radical (unpaired) electrons. The first-order valence-electron chi connectivity index (χ1n) is 12.7. The molecule has 2 N–H and O–H groups in total. The minimum atomic E-state index is -0.0147. The number of amides is 2. The third kappa shape index (κ3) is 8.22. The van der Waals surface area contributed by atoms with Crippen LogP contribution in [0, 0.1) is 0 Å². The summed E-state index contributed by atoms with van der Waals surface area (Å²) >= 11 is 25.2. The van der Waals surface area contributed by atoms with E-state index >= 15 is 0 Å². The van der Waals surface area contributed by atoms with Gasteiger partial charge in [0.2, 0.25) is 11.8 Å². The summed E-state index contributed by atoms with van der Waals surface area (Å²) in [5.74, 6) is -0.0295. The van der Waals surface area contributed by atoms with E-state index in [-0.39, 0.29) is 23.9 Å². The van der Waals surface area contributed by atoms with Gasteiger partial charge in [0.25, 0.3) is 0 Å². The lowest BCUT2D eigenvalue weighted by Gasteiger charge is -2.18. The smallest absolute Gasteiger partial charge is 0.220 e. The normalized spacial score (nSPS) is 20.3. The first-order valence-corrected chi connectivity index (χ1v) is 14.2. The molecule has 0 aromatic heterocycles. The molecule has 2 atom stereocenters. The van der Waals surface area contributed by atoms with Gasteiger partial charge < -0.3 is 10.6 Å². The third-order valence-electron chi connectivity index (χ3n) is 6.97. The van der Waals surface area contributed by atoms with Crippen LogP contribution in [0.5, 0.6) is 0 Å². The minimum Gasteiger partial charge on any atom is -0.352 e. The molecule has 2 saturated heterocycles. The average Bonchev–Trinajstić information content (AvgIpc) is 3.48. The van der Waals surface area contributed by atoms with Crippen molar-refractivity contribution in [3.8, 4) is 0 Å². The van der Waals surface area contributed by atoms with Crippen molar-refractivity contribution in [1.29, 1.82) is 0 Å². The largest absolute Gasteiger partial charge is 0.352 e. The second kappa shape index (κ2) is 13.5. The molecule has 0 aliphatic carbocycles. The number of benzene rings is 2. The van der Waals surface area contributed by atoms with Crippen molar-refractivity contribution >= 4 is 58.2 Å². The molecule has 2 aromatic rings. The van der Waals surface area contributed by atoms with Crippen LogP contribution in [-0.2, 0) is 22.7 Å². The van der Waals surface area contributed by atoms with Crippen LogP contribution in [0.4, 0.5) is 0 Å². The Labute approximate surface area is 238 Å². The molecule has 10 heteroatoms. The highest BCUT2D eigenvalue weighted by atomic mass is 35.5. The lowest BCUT2D eigenvalue weighted by molar-refractivity contribution is -0.123. The highest BCUT2D eigenvalue weighted by Gasteiger charge is 2.26. The second-order valence-corrected chi connectivity index (χ2v) is 11.5. The molecule has 2 fully saturated rings. The molecule has 2 aliphatic rings. The Morgan fingerprint density at radius 3 is 1.46 bits per heavy atom. The molecule has 2 unspecified atom stereocenters. The summed E-state index contributed by atoms with van der Waals surface area (Å²) in [6, 6.07) is 11.2. The number of halogens is 4. The number of hydrogen-bond acceptors (Lipinski definition) is 4. The van der Waals surface area contributed by atoms with Gasteiger partial charge >= 0.3 is 0 Å². The van der Waals surface area contributed by atoms with Gasteiger partial charge in [-0.3, -0.25) is 19.4 Å². The standard InChI is InChI=1S/C27H32Cl4N4O2/c28-22-4-1-5-23(29)20(22)16-34-12-10-18(14-34)32-26(36)8-3-9-27(37)33-19-11-13-35(15-19)17-21-24(30)6-2-7-25(21)31/h1-2,4-7,18-19H,3,8-17H2,(H,32,36)(H,33,37). The maximum atomic E-state index is 12.4. The van der Waals surface area contributed by atoms with Crippen molar-refractivity contribution in [3.63, 3.8) is 0 Å². The maximum absolute atomic E-state index is 12.4. The molecule has 2 aromatic carbocycles. The van der Waals surface area contributed by atoms with Gasteiger partial charge in [-0.15, -0.1) is 0 Å². The van der Waals surface area contributed by atoms with Gasteiger partial charge in [0.15, 0.2) is 0 Å². The predicted octanol–water partition coefficient (Wildman–Crippen LogP) is 5.55. The fourth-order valence-corrected chi connectivity index (χ4v) is 6.05. The molecule has 2 amide bonds. The Balaban J connectivity index is 1.11. The van der Waals surface area contributed by atoms with Crippen molar-refractivity contribution in [1.82, 2.24) is 20.4 Å². The topological polar surface area (TPSA) is 64.7 Å². The Kier molecular flexibility index (Phi) is 10.4. The van der Waals surface area contributed by atoms with Crippen LogP contribution in [0.15, 0.2) is 36.4 Å². The summed E-state index contributed by atoms with van der Waals surface area (Å²) < 4.78 is 0. The molecule has 2 aliphatic heterocycles. The van der Waals surface area contributed by atoms with Crippen molar-refractivity contribution in [2.24, 2.45) is 0 Å². The molecule has 0 saturated carbocycles. The first-order chi connectivity index (χ1) is 17.8. The van der Waals surface area contributed by atoms with E-state index in [1.807, 2.05) is 36.4 Å². The van der Waals surface area contributed by atoms with E-state index in [0.29, 0.717) is 52.4 Å². The second-order valence-electron chi connectivity index (χ2n) is 9.83. The van der Waals surface area contributed by atoms with Gasteiger partial charge in [0.1, 0.15) is 0 Å². The van der Waals surface area contributed by atoms with Crippen LogP contribution >= 0.6 is 46.4 Å². The Morgan fingerprint density at radius 2 is 1.08 bits per heavy atom. The fourth-order valence-electron chi connectivity index (χ4n) is 5.01. The fraction of sp³-hybridized carbons (Fsp3) is 0.481. The SMILES string of the molecule is O=C(CCCC(=O)NC1CCN(Cc2c(Cl)cccc2Cl)C1)NC1CCN(Cc2c(Cl)cccc2Cl)C1.